The summed E-state index contributed by atoms with van der Waals surface area (Å²) >= 11 is 0. The summed E-state index contributed by atoms with van der Waals surface area (Å²) in [5.41, 5.74) is 2.80. The molecule has 0 amide bonds. The minimum absolute atomic E-state index is 0.642. The molecule has 1 heterocycles. The summed E-state index contributed by atoms with van der Waals surface area (Å²) in [6.45, 7) is 9.80. The third-order valence-corrected chi connectivity index (χ3v) is 3.92. The van der Waals surface area contributed by atoms with E-state index in [1.165, 1.54) is 17.7 Å². The minimum Gasteiger partial charge on any atom is -0.385 e. The summed E-state index contributed by atoms with van der Waals surface area (Å²) in [5.74, 6) is 1.34. The highest BCUT2D eigenvalue weighted by Crippen LogP contribution is 2.31. The Morgan fingerprint density at radius 2 is 2.15 bits per heavy atom. The zero-order valence-corrected chi connectivity index (χ0v) is 13.1. The fourth-order valence-corrected chi connectivity index (χ4v) is 3.05. The van der Waals surface area contributed by atoms with Gasteiger partial charge in [0.25, 0.3) is 0 Å². The Morgan fingerprint density at radius 3 is 2.90 bits per heavy atom. The first-order valence-corrected chi connectivity index (χ1v) is 7.74. The summed E-state index contributed by atoms with van der Waals surface area (Å²) in [7, 11) is 1.79. The van der Waals surface area contributed by atoms with Crippen molar-refractivity contribution in [3.63, 3.8) is 0 Å². The molecule has 2 rings (SSSR count). The predicted molar refractivity (Wildman–Crippen MR) is 85.4 cm³/mol. The topological polar surface area (TPSA) is 24.5 Å². The second-order valence-electron chi connectivity index (χ2n) is 6.15. The second kappa shape index (κ2) is 7.65. The molecule has 1 N–H and O–H groups in total. The van der Waals surface area contributed by atoms with Gasteiger partial charge in [0, 0.05) is 44.9 Å². The van der Waals surface area contributed by atoms with Crippen LogP contribution in [0.5, 0.6) is 0 Å². The number of hydrogen-bond donors (Lipinski definition) is 1. The van der Waals surface area contributed by atoms with Crippen LogP contribution in [0.3, 0.4) is 0 Å². The Kier molecular flexibility index (Phi) is 5.86. The first-order chi connectivity index (χ1) is 9.70. The van der Waals surface area contributed by atoms with Crippen LogP contribution in [0.15, 0.2) is 24.3 Å². The lowest BCUT2D eigenvalue weighted by atomic mass is 9.90. The molecule has 0 bridgehead atoms. The molecule has 20 heavy (non-hydrogen) atoms. The molecule has 0 spiro atoms. The molecule has 1 unspecified atom stereocenters. The van der Waals surface area contributed by atoms with E-state index in [0.717, 1.165) is 32.8 Å². The van der Waals surface area contributed by atoms with Gasteiger partial charge in [-0.2, -0.15) is 0 Å². The maximum atomic E-state index is 5.26. The monoisotopic (exact) mass is 276 g/mol. The Labute approximate surface area is 123 Å². The smallest absolute Gasteiger partial charge is 0.0589 e. The van der Waals surface area contributed by atoms with Crippen molar-refractivity contribution in [2.24, 2.45) is 5.92 Å². The number of nitrogens with zero attached hydrogens (tertiary/aromatic N) is 1. The Bertz CT molecular complexity index is 406. The number of hydrogen-bond acceptors (Lipinski definition) is 3. The van der Waals surface area contributed by atoms with E-state index in [-0.39, 0.29) is 0 Å². The van der Waals surface area contributed by atoms with Gasteiger partial charge in [-0.05, 0) is 24.0 Å². The summed E-state index contributed by atoms with van der Waals surface area (Å²) in [4.78, 5) is 2.56. The quantitative estimate of drug-likeness (QED) is 0.828. The number of ether oxygens (including phenoxy) is 1. The van der Waals surface area contributed by atoms with Gasteiger partial charge in [0.15, 0.2) is 0 Å². The van der Waals surface area contributed by atoms with Gasteiger partial charge in [-0.15, -0.1) is 0 Å². The number of nitrogens with one attached hydrogen (secondary N) is 1. The van der Waals surface area contributed by atoms with Gasteiger partial charge in [-0.3, -0.25) is 0 Å². The number of rotatable bonds is 7. The zero-order chi connectivity index (χ0) is 14.4. The van der Waals surface area contributed by atoms with Crippen molar-refractivity contribution in [3.05, 3.63) is 29.8 Å². The third kappa shape index (κ3) is 4.22. The average molecular weight is 276 g/mol. The van der Waals surface area contributed by atoms with Crippen molar-refractivity contribution < 1.29 is 4.74 Å². The first-order valence-electron chi connectivity index (χ1n) is 7.74. The number of benzene rings is 1. The molecule has 1 aromatic carbocycles. The Balaban J connectivity index is 2.03. The number of methoxy groups -OCH3 is 1. The van der Waals surface area contributed by atoms with Gasteiger partial charge >= 0.3 is 0 Å². The average Bonchev–Trinajstić information content (AvgIpc) is 2.44. The molecule has 0 radical (unpaired) electrons. The lowest BCUT2D eigenvalue weighted by Gasteiger charge is -2.32. The van der Waals surface area contributed by atoms with Crippen LogP contribution in [-0.4, -0.2) is 44.8 Å². The molecule has 0 saturated carbocycles. The molecule has 112 valence electrons. The van der Waals surface area contributed by atoms with E-state index >= 15 is 0 Å². The van der Waals surface area contributed by atoms with Crippen molar-refractivity contribution in [1.82, 2.24) is 4.90 Å². The SMILES string of the molecule is COCCN(CC(C)C)CC1CCNc2ccccc21. The fourth-order valence-electron chi connectivity index (χ4n) is 3.05. The Morgan fingerprint density at radius 1 is 1.35 bits per heavy atom. The molecule has 3 nitrogen and oxygen atoms in total. The molecule has 1 aromatic rings. The maximum Gasteiger partial charge on any atom is 0.0589 e. The van der Waals surface area contributed by atoms with Crippen LogP contribution in [-0.2, 0) is 4.74 Å². The highest BCUT2D eigenvalue weighted by Gasteiger charge is 2.22. The molecule has 0 aliphatic carbocycles. The van der Waals surface area contributed by atoms with Gasteiger partial charge in [-0.1, -0.05) is 32.0 Å². The molecule has 1 atom stereocenters. The summed E-state index contributed by atoms with van der Waals surface area (Å²) in [6.07, 6.45) is 1.22. The van der Waals surface area contributed by atoms with Gasteiger partial charge in [0.05, 0.1) is 6.61 Å². The fraction of sp³-hybridized carbons (Fsp3) is 0.647. The van der Waals surface area contributed by atoms with Crippen LogP contribution in [0.4, 0.5) is 5.69 Å². The van der Waals surface area contributed by atoms with Gasteiger partial charge in [-0.25, -0.2) is 0 Å². The molecule has 3 heteroatoms. The number of fused-ring (bicyclic) bond motifs is 1. The van der Waals surface area contributed by atoms with E-state index in [1.807, 2.05) is 0 Å². The third-order valence-electron chi connectivity index (χ3n) is 3.92. The van der Waals surface area contributed by atoms with Crippen LogP contribution >= 0.6 is 0 Å². The molecule has 0 fully saturated rings. The van der Waals surface area contributed by atoms with E-state index in [4.69, 9.17) is 4.74 Å². The van der Waals surface area contributed by atoms with Crippen LogP contribution in [0, 0.1) is 5.92 Å². The van der Waals surface area contributed by atoms with Crippen LogP contribution in [0.1, 0.15) is 31.7 Å². The van der Waals surface area contributed by atoms with E-state index in [2.05, 4.69) is 48.3 Å². The van der Waals surface area contributed by atoms with Crippen molar-refractivity contribution in [3.8, 4) is 0 Å². The molecular formula is C17H28N2O. The van der Waals surface area contributed by atoms with Gasteiger partial charge in [0.1, 0.15) is 0 Å². The summed E-state index contributed by atoms with van der Waals surface area (Å²) in [6, 6.07) is 8.74. The van der Waals surface area contributed by atoms with Crippen molar-refractivity contribution in [1.29, 1.82) is 0 Å². The van der Waals surface area contributed by atoms with Crippen LogP contribution < -0.4 is 5.32 Å². The Hall–Kier alpha value is -1.06. The minimum atomic E-state index is 0.642. The first kappa shape index (κ1) is 15.3. The van der Waals surface area contributed by atoms with Gasteiger partial charge < -0.3 is 15.0 Å². The summed E-state index contributed by atoms with van der Waals surface area (Å²) in [5, 5.41) is 3.51. The largest absolute Gasteiger partial charge is 0.385 e. The zero-order valence-electron chi connectivity index (χ0n) is 13.1. The van der Waals surface area contributed by atoms with Crippen molar-refractivity contribution >= 4 is 5.69 Å². The molecule has 0 aromatic heterocycles. The van der Waals surface area contributed by atoms with Crippen LogP contribution in [0.2, 0.25) is 0 Å². The van der Waals surface area contributed by atoms with Crippen molar-refractivity contribution in [2.75, 3.05) is 45.2 Å². The number of anilines is 1. The standard InChI is InChI=1S/C17H28N2O/c1-14(2)12-19(10-11-20-3)13-15-8-9-18-17-7-5-4-6-16(15)17/h4-7,14-15,18H,8-13H2,1-3H3. The molecular weight excluding hydrogens is 248 g/mol. The predicted octanol–water partition coefficient (Wildman–Crippen LogP) is 3.19. The number of para-hydroxylation sites is 1. The lowest BCUT2D eigenvalue weighted by Crippen LogP contribution is -2.36. The normalized spacial score (nSPS) is 18.1. The molecule has 1 aliphatic heterocycles. The van der Waals surface area contributed by atoms with E-state index in [9.17, 15) is 0 Å². The maximum absolute atomic E-state index is 5.26. The highest BCUT2D eigenvalue weighted by molar-refractivity contribution is 5.54. The van der Waals surface area contributed by atoms with Crippen molar-refractivity contribution in [2.45, 2.75) is 26.2 Å². The van der Waals surface area contributed by atoms with E-state index < -0.39 is 0 Å². The van der Waals surface area contributed by atoms with E-state index in [0.29, 0.717) is 11.8 Å². The van der Waals surface area contributed by atoms with Crippen LogP contribution in [0.25, 0.3) is 0 Å². The van der Waals surface area contributed by atoms with Gasteiger partial charge in [0.2, 0.25) is 0 Å². The lowest BCUT2D eigenvalue weighted by molar-refractivity contribution is 0.134. The second-order valence-corrected chi connectivity index (χ2v) is 6.15. The molecule has 1 aliphatic rings. The molecule has 0 saturated heterocycles. The highest BCUT2D eigenvalue weighted by atomic mass is 16.5. The van der Waals surface area contributed by atoms with E-state index in [1.54, 1.807) is 7.11 Å². The summed E-state index contributed by atoms with van der Waals surface area (Å²) < 4.78 is 5.26.